The Bertz CT molecular complexity index is 837. The molecule has 0 N–H and O–H groups in total. The van der Waals surface area contributed by atoms with Crippen LogP contribution in [0.1, 0.15) is 12.0 Å². The highest BCUT2D eigenvalue weighted by Crippen LogP contribution is 2.27. The van der Waals surface area contributed by atoms with Crippen molar-refractivity contribution >= 4 is 27.3 Å². The highest BCUT2D eigenvalue weighted by molar-refractivity contribution is 7.91. The third-order valence-electron chi connectivity index (χ3n) is 3.76. The number of hydrogen-bond acceptors (Lipinski definition) is 4. The fourth-order valence-corrected chi connectivity index (χ4v) is 3.89. The van der Waals surface area contributed by atoms with Gasteiger partial charge in [0.25, 0.3) is 0 Å². The van der Waals surface area contributed by atoms with Gasteiger partial charge in [0.2, 0.25) is 5.91 Å². The first kappa shape index (κ1) is 19.3. The van der Waals surface area contributed by atoms with Crippen LogP contribution in [0.2, 0.25) is 5.02 Å². The van der Waals surface area contributed by atoms with Crippen molar-refractivity contribution in [3.63, 3.8) is 0 Å². The number of ether oxygens (including phenoxy) is 1. The van der Waals surface area contributed by atoms with Crippen LogP contribution >= 0.6 is 11.6 Å². The van der Waals surface area contributed by atoms with E-state index in [1.165, 1.54) is 30.2 Å². The molecule has 0 fully saturated rings. The lowest BCUT2D eigenvalue weighted by molar-refractivity contribution is -0.130. The number of sulfone groups is 1. The van der Waals surface area contributed by atoms with Crippen molar-refractivity contribution in [2.24, 2.45) is 0 Å². The Morgan fingerprint density at radius 2 is 1.84 bits per heavy atom. The van der Waals surface area contributed by atoms with Crippen LogP contribution in [0.3, 0.4) is 0 Å². The van der Waals surface area contributed by atoms with Crippen molar-refractivity contribution in [2.75, 3.05) is 19.9 Å². The van der Waals surface area contributed by atoms with Gasteiger partial charge < -0.3 is 9.64 Å². The van der Waals surface area contributed by atoms with Crippen molar-refractivity contribution in [1.82, 2.24) is 4.90 Å². The van der Waals surface area contributed by atoms with E-state index in [1.807, 2.05) is 30.3 Å². The third-order valence-corrected chi connectivity index (χ3v) is 5.76. The first-order valence-electron chi connectivity index (χ1n) is 7.67. The zero-order valence-corrected chi connectivity index (χ0v) is 15.7. The van der Waals surface area contributed by atoms with Gasteiger partial charge in [-0.3, -0.25) is 4.79 Å². The maximum absolute atomic E-state index is 12.4. The minimum absolute atomic E-state index is 0.0804. The Kier molecular flexibility index (Phi) is 6.45. The number of amides is 1. The molecule has 0 aliphatic rings. The van der Waals surface area contributed by atoms with E-state index in [0.29, 0.717) is 12.3 Å². The number of hydrogen-bond donors (Lipinski definition) is 0. The molecule has 2 rings (SSSR count). The molecule has 2 aromatic rings. The second kappa shape index (κ2) is 8.36. The normalized spacial score (nSPS) is 11.2. The SMILES string of the molecule is COc1ccc(S(=O)(=O)CCC(=O)N(C)Cc2ccccc2)cc1Cl. The van der Waals surface area contributed by atoms with Crippen LogP contribution in [0.15, 0.2) is 53.4 Å². The standard InChI is InChI=1S/C18H20ClNO4S/c1-20(13-14-6-4-3-5-7-14)18(21)10-11-25(22,23)15-8-9-17(24-2)16(19)12-15/h3-9,12H,10-11,13H2,1-2H3. The Morgan fingerprint density at radius 3 is 2.44 bits per heavy atom. The van der Waals surface area contributed by atoms with Gasteiger partial charge in [0, 0.05) is 20.0 Å². The summed E-state index contributed by atoms with van der Waals surface area (Å²) < 4.78 is 29.8. The second-order valence-corrected chi connectivity index (χ2v) is 8.12. The van der Waals surface area contributed by atoms with Gasteiger partial charge in [-0.1, -0.05) is 41.9 Å². The number of rotatable bonds is 7. The Labute approximate surface area is 153 Å². The molecule has 0 radical (unpaired) electrons. The van der Waals surface area contributed by atoms with Crippen molar-refractivity contribution in [3.8, 4) is 5.75 Å². The zero-order chi connectivity index (χ0) is 18.4. The van der Waals surface area contributed by atoms with Crippen LogP contribution in [0.4, 0.5) is 0 Å². The summed E-state index contributed by atoms with van der Waals surface area (Å²) in [4.78, 5) is 13.8. The minimum Gasteiger partial charge on any atom is -0.495 e. The minimum atomic E-state index is -3.60. The molecule has 25 heavy (non-hydrogen) atoms. The third kappa shape index (κ3) is 5.21. The molecule has 0 heterocycles. The summed E-state index contributed by atoms with van der Waals surface area (Å²) in [5.41, 5.74) is 0.989. The molecule has 0 saturated carbocycles. The fraction of sp³-hybridized carbons (Fsp3) is 0.278. The van der Waals surface area contributed by atoms with Crippen molar-refractivity contribution < 1.29 is 17.9 Å². The lowest BCUT2D eigenvalue weighted by Crippen LogP contribution is -2.28. The molecule has 0 aromatic heterocycles. The Hall–Kier alpha value is -2.05. The van der Waals surface area contributed by atoms with Crippen LogP contribution in [-0.2, 0) is 21.2 Å². The van der Waals surface area contributed by atoms with E-state index < -0.39 is 9.84 Å². The molecule has 7 heteroatoms. The number of nitrogens with zero attached hydrogens (tertiary/aromatic N) is 1. The van der Waals surface area contributed by atoms with Crippen LogP contribution < -0.4 is 4.74 Å². The van der Waals surface area contributed by atoms with Crippen molar-refractivity contribution in [2.45, 2.75) is 17.9 Å². The highest BCUT2D eigenvalue weighted by Gasteiger charge is 2.19. The number of carbonyl (C=O) groups is 1. The monoisotopic (exact) mass is 381 g/mol. The largest absolute Gasteiger partial charge is 0.495 e. The molecule has 0 spiro atoms. The summed E-state index contributed by atoms with van der Waals surface area (Å²) in [6.45, 7) is 0.439. The van der Waals surface area contributed by atoms with Crippen molar-refractivity contribution in [1.29, 1.82) is 0 Å². The zero-order valence-electron chi connectivity index (χ0n) is 14.1. The fourth-order valence-electron chi connectivity index (χ4n) is 2.32. The smallest absolute Gasteiger partial charge is 0.223 e. The Morgan fingerprint density at radius 1 is 1.16 bits per heavy atom. The van der Waals surface area contributed by atoms with Crippen LogP contribution in [0.5, 0.6) is 5.75 Å². The van der Waals surface area contributed by atoms with E-state index in [2.05, 4.69) is 0 Å². The molecule has 134 valence electrons. The van der Waals surface area contributed by atoms with E-state index in [9.17, 15) is 13.2 Å². The summed E-state index contributed by atoms with van der Waals surface area (Å²) in [6.07, 6.45) is -0.0880. The van der Waals surface area contributed by atoms with Gasteiger partial charge in [-0.25, -0.2) is 8.42 Å². The molecule has 0 unspecified atom stereocenters. The number of benzene rings is 2. The lowest BCUT2D eigenvalue weighted by atomic mass is 10.2. The number of carbonyl (C=O) groups excluding carboxylic acids is 1. The van der Waals surface area contributed by atoms with Crippen molar-refractivity contribution in [3.05, 3.63) is 59.1 Å². The first-order chi connectivity index (χ1) is 11.8. The molecule has 0 saturated heterocycles. The van der Waals surface area contributed by atoms with Gasteiger partial charge in [0.05, 0.1) is 22.8 Å². The first-order valence-corrected chi connectivity index (χ1v) is 9.70. The maximum atomic E-state index is 12.4. The Balaban J connectivity index is 1.99. The van der Waals surface area contributed by atoms with E-state index in [1.54, 1.807) is 7.05 Å². The predicted molar refractivity (Wildman–Crippen MR) is 97.6 cm³/mol. The van der Waals surface area contributed by atoms with Gasteiger partial charge in [-0.2, -0.15) is 0 Å². The van der Waals surface area contributed by atoms with E-state index in [-0.39, 0.29) is 28.0 Å². The molecule has 5 nitrogen and oxygen atoms in total. The molecule has 1 amide bonds. The molecule has 0 aliphatic carbocycles. The average molecular weight is 382 g/mol. The summed E-state index contributed by atoms with van der Waals surface area (Å²) >= 11 is 5.97. The molecule has 2 aromatic carbocycles. The van der Waals surface area contributed by atoms with Gasteiger partial charge in [-0.15, -0.1) is 0 Å². The summed E-state index contributed by atoms with van der Waals surface area (Å²) in [5, 5.41) is 0.219. The second-order valence-electron chi connectivity index (χ2n) is 5.60. The van der Waals surface area contributed by atoms with Crippen LogP contribution in [-0.4, -0.2) is 39.1 Å². The van der Waals surface area contributed by atoms with E-state index in [4.69, 9.17) is 16.3 Å². The quantitative estimate of drug-likeness (QED) is 0.739. The number of halogens is 1. The molecule has 0 bridgehead atoms. The maximum Gasteiger partial charge on any atom is 0.223 e. The topological polar surface area (TPSA) is 63.7 Å². The van der Waals surface area contributed by atoms with E-state index >= 15 is 0 Å². The van der Waals surface area contributed by atoms with E-state index in [0.717, 1.165) is 5.56 Å². The molecular formula is C18H20ClNO4S. The van der Waals surface area contributed by atoms with Gasteiger partial charge >= 0.3 is 0 Å². The lowest BCUT2D eigenvalue weighted by Gasteiger charge is -2.17. The van der Waals surface area contributed by atoms with Gasteiger partial charge in [-0.05, 0) is 23.8 Å². The highest BCUT2D eigenvalue weighted by atomic mass is 35.5. The van der Waals surface area contributed by atoms with Gasteiger partial charge in [0.15, 0.2) is 9.84 Å². The average Bonchev–Trinajstić information content (AvgIpc) is 2.60. The summed E-state index contributed by atoms with van der Waals surface area (Å²) in [6, 6.07) is 13.8. The van der Waals surface area contributed by atoms with Crippen LogP contribution in [0.25, 0.3) is 0 Å². The molecule has 0 atom stereocenters. The summed E-state index contributed by atoms with van der Waals surface area (Å²) in [7, 11) is -0.483. The van der Waals surface area contributed by atoms with Crippen LogP contribution in [0, 0.1) is 0 Å². The number of methoxy groups -OCH3 is 1. The summed E-state index contributed by atoms with van der Waals surface area (Å²) in [5.74, 6) is -0.0977. The molecule has 0 aliphatic heterocycles. The van der Waals surface area contributed by atoms with Gasteiger partial charge in [0.1, 0.15) is 5.75 Å². The predicted octanol–water partition coefficient (Wildman–Crippen LogP) is 3.17. The molecular weight excluding hydrogens is 362 g/mol.